The molecule has 0 bridgehead atoms. The molecule has 0 aliphatic carbocycles. The van der Waals surface area contributed by atoms with Crippen LogP contribution in [0.1, 0.15) is 22.4 Å². The van der Waals surface area contributed by atoms with Crippen LogP contribution in [0.2, 0.25) is 0 Å². The Morgan fingerprint density at radius 3 is 2.74 bits per heavy atom. The highest BCUT2D eigenvalue weighted by Crippen LogP contribution is 2.52. The van der Waals surface area contributed by atoms with Gasteiger partial charge in [-0.2, -0.15) is 0 Å². The fraction of sp³-hybridized carbons (Fsp3) is 0.375. The van der Waals surface area contributed by atoms with Crippen LogP contribution in [0.15, 0.2) is 25.7 Å². The summed E-state index contributed by atoms with van der Waals surface area (Å²) >= 11 is 10.9. The molecule has 1 aromatic carbocycles. The van der Waals surface area contributed by atoms with Crippen LogP contribution in [-0.2, 0) is 17.4 Å². The van der Waals surface area contributed by atoms with E-state index in [1.807, 2.05) is 12.1 Å². The van der Waals surface area contributed by atoms with Crippen molar-refractivity contribution in [1.82, 2.24) is 0 Å². The molecule has 7 heteroatoms. The number of fused-ring (bicyclic) bond motifs is 2. The Bertz CT molecular complexity index is 791. The lowest BCUT2D eigenvalue weighted by Gasteiger charge is -2.33. The van der Waals surface area contributed by atoms with E-state index in [-0.39, 0.29) is 6.61 Å². The highest BCUT2D eigenvalue weighted by atomic mass is 79.9. The van der Waals surface area contributed by atoms with E-state index in [9.17, 15) is 9.32 Å². The standard InChI is InChI=1S/C16H17BrClNO2S2/c1-9-4-5-12-14(10(9)2)19(7-3-6-18)15-13(17)11(8-20)22-16(15)23(12)21/h4-5,20H,3,6-8H2,1-2H3. The van der Waals surface area contributed by atoms with E-state index in [1.54, 1.807) is 0 Å². The van der Waals surface area contributed by atoms with Gasteiger partial charge < -0.3 is 10.0 Å². The van der Waals surface area contributed by atoms with E-state index in [0.717, 1.165) is 48.4 Å². The highest BCUT2D eigenvalue weighted by molar-refractivity contribution is 9.10. The third-order valence-corrected chi connectivity index (χ3v) is 8.40. The molecule has 124 valence electrons. The molecule has 0 amide bonds. The average Bonchev–Trinajstić information content (AvgIpc) is 2.88. The lowest BCUT2D eigenvalue weighted by atomic mass is 10.1. The summed E-state index contributed by atoms with van der Waals surface area (Å²) in [6.07, 6.45) is 0.831. The molecule has 2 aromatic rings. The van der Waals surface area contributed by atoms with Crippen LogP contribution < -0.4 is 4.90 Å². The molecule has 3 nitrogen and oxygen atoms in total. The minimum absolute atomic E-state index is 0.0623. The number of hydrogen-bond acceptors (Lipinski definition) is 4. The summed E-state index contributed by atoms with van der Waals surface area (Å²) in [7, 11) is -1.22. The van der Waals surface area contributed by atoms with E-state index in [2.05, 4.69) is 34.7 Å². The van der Waals surface area contributed by atoms with Crippen molar-refractivity contribution in [3.63, 3.8) is 0 Å². The van der Waals surface area contributed by atoms with Crippen molar-refractivity contribution >= 4 is 61.0 Å². The fourth-order valence-corrected chi connectivity index (χ4v) is 6.84. The van der Waals surface area contributed by atoms with Gasteiger partial charge in [0.05, 0.1) is 38.1 Å². The van der Waals surface area contributed by atoms with Gasteiger partial charge in [0.15, 0.2) is 0 Å². The number of halogens is 2. The molecule has 0 saturated carbocycles. The van der Waals surface area contributed by atoms with Gasteiger partial charge in [-0.3, -0.25) is 0 Å². The number of benzene rings is 1. The van der Waals surface area contributed by atoms with Crippen LogP contribution in [0.5, 0.6) is 0 Å². The molecule has 1 unspecified atom stereocenters. The van der Waals surface area contributed by atoms with Gasteiger partial charge in [0, 0.05) is 17.3 Å². The summed E-state index contributed by atoms with van der Waals surface area (Å²) in [5, 5.41) is 9.57. The molecule has 0 spiro atoms. The van der Waals surface area contributed by atoms with Crippen LogP contribution in [0.25, 0.3) is 0 Å². The summed E-state index contributed by atoms with van der Waals surface area (Å²) in [5.41, 5.74) is 4.25. The Balaban J connectivity index is 2.27. The number of nitrogens with zero attached hydrogens (tertiary/aromatic N) is 1. The minimum atomic E-state index is -1.22. The molecule has 0 saturated heterocycles. The third-order valence-electron chi connectivity index (χ3n) is 4.09. The number of alkyl halides is 1. The summed E-state index contributed by atoms with van der Waals surface area (Å²) in [4.78, 5) is 3.85. The zero-order chi connectivity index (χ0) is 16.7. The van der Waals surface area contributed by atoms with Gasteiger partial charge in [-0.05, 0) is 53.4 Å². The smallest absolute Gasteiger partial charge is 0.121 e. The summed E-state index contributed by atoms with van der Waals surface area (Å²) in [5.74, 6) is 0.573. The summed E-state index contributed by atoms with van der Waals surface area (Å²) in [6, 6.07) is 3.98. The maximum absolute atomic E-state index is 13.0. The molecule has 1 atom stereocenters. The number of aryl methyl sites for hydroxylation is 1. The van der Waals surface area contributed by atoms with Gasteiger partial charge in [-0.1, -0.05) is 6.07 Å². The molecule has 1 N–H and O–H groups in total. The average molecular weight is 435 g/mol. The first kappa shape index (κ1) is 17.4. The van der Waals surface area contributed by atoms with Crippen molar-refractivity contribution in [2.24, 2.45) is 0 Å². The first-order valence-corrected chi connectivity index (χ1v) is 10.6. The monoisotopic (exact) mass is 433 g/mol. The van der Waals surface area contributed by atoms with E-state index >= 15 is 0 Å². The van der Waals surface area contributed by atoms with E-state index in [0.29, 0.717) is 5.88 Å². The van der Waals surface area contributed by atoms with Gasteiger partial charge in [0.1, 0.15) is 4.21 Å². The Labute approximate surface area is 155 Å². The topological polar surface area (TPSA) is 40.5 Å². The SMILES string of the molecule is Cc1ccc2c(c1C)N(CCCCl)c1c(sc(CO)c1Br)S2=O. The summed E-state index contributed by atoms with van der Waals surface area (Å²) < 4.78 is 14.7. The number of aliphatic hydroxyl groups excluding tert-OH is 1. The van der Waals surface area contributed by atoms with E-state index in [4.69, 9.17) is 11.6 Å². The lowest BCUT2D eigenvalue weighted by molar-refractivity contribution is 0.285. The predicted octanol–water partition coefficient (Wildman–Crippen LogP) is 4.87. The second-order valence-electron chi connectivity index (χ2n) is 5.45. The largest absolute Gasteiger partial charge is 0.391 e. The maximum atomic E-state index is 13.0. The van der Waals surface area contributed by atoms with E-state index < -0.39 is 10.8 Å². The van der Waals surface area contributed by atoms with Crippen LogP contribution >= 0.6 is 38.9 Å². The quantitative estimate of drug-likeness (QED) is 0.698. The fourth-order valence-electron chi connectivity index (χ4n) is 2.80. The second kappa shape index (κ2) is 6.84. The second-order valence-corrected chi connectivity index (χ2v) is 9.37. The Morgan fingerprint density at radius 2 is 2.09 bits per heavy atom. The molecule has 0 fully saturated rings. The lowest BCUT2D eigenvalue weighted by Crippen LogP contribution is -2.26. The molecule has 1 aliphatic heterocycles. The minimum Gasteiger partial charge on any atom is -0.391 e. The molecule has 1 aliphatic rings. The van der Waals surface area contributed by atoms with Crippen LogP contribution in [0.4, 0.5) is 11.4 Å². The van der Waals surface area contributed by atoms with Crippen molar-refractivity contribution in [2.75, 3.05) is 17.3 Å². The normalized spacial score (nSPS) is 16.4. The van der Waals surface area contributed by atoms with Crippen LogP contribution in [0.3, 0.4) is 0 Å². The zero-order valence-corrected chi connectivity index (χ0v) is 16.8. The maximum Gasteiger partial charge on any atom is 0.121 e. The van der Waals surface area contributed by atoms with Crippen molar-refractivity contribution in [3.05, 3.63) is 32.6 Å². The first-order chi connectivity index (χ1) is 11.0. The third kappa shape index (κ3) is 2.78. The molecule has 1 aromatic heterocycles. The summed E-state index contributed by atoms with van der Waals surface area (Å²) in [6.45, 7) is 4.82. The molecular formula is C16H17BrClNO2S2. The number of anilines is 2. The Hall–Kier alpha value is -0.400. The number of hydrogen-bond donors (Lipinski definition) is 1. The molecule has 2 heterocycles. The molecule has 3 rings (SSSR count). The van der Waals surface area contributed by atoms with Crippen molar-refractivity contribution in [1.29, 1.82) is 0 Å². The Kier molecular flexibility index (Phi) is 5.18. The Morgan fingerprint density at radius 1 is 1.35 bits per heavy atom. The first-order valence-electron chi connectivity index (χ1n) is 7.28. The number of rotatable bonds is 4. The number of aliphatic hydroxyl groups is 1. The molecular weight excluding hydrogens is 418 g/mol. The zero-order valence-electron chi connectivity index (χ0n) is 12.9. The van der Waals surface area contributed by atoms with Gasteiger partial charge in [0.2, 0.25) is 0 Å². The van der Waals surface area contributed by atoms with Crippen LogP contribution in [-0.4, -0.2) is 21.7 Å². The van der Waals surface area contributed by atoms with Gasteiger partial charge in [-0.15, -0.1) is 22.9 Å². The van der Waals surface area contributed by atoms with Crippen molar-refractivity contribution in [3.8, 4) is 0 Å². The molecule has 0 radical (unpaired) electrons. The molecule has 23 heavy (non-hydrogen) atoms. The predicted molar refractivity (Wildman–Crippen MR) is 101 cm³/mol. The van der Waals surface area contributed by atoms with Crippen molar-refractivity contribution < 1.29 is 9.32 Å². The van der Waals surface area contributed by atoms with Crippen LogP contribution in [0, 0.1) is 13.8 Å². The van der Waals surface area contributed by atoms with E-state index in [1.165, 1.54) is 16.9 Å². The van der Waals surface area contributed by atoms with Gasteiger partial charge >= 0.3 is 0 Å². The van der Waals surface area contributed by atoms with Crippen molar-refractivity contribution in [2.45, 2.75) is 36.0 Å². The highest BCUT2D eigenvalue weighted by Gasteiger charge is 2.34. The van der Waals surface area contributed by atoms with Gasteiger partial charge in [-0.25, -0.2) is 4.21 Å². The van der Waals surface area contributed by atoms with Gasteiger partial charge in [0.25, 0.3) is 0 Å². The number of thiophene rings is 1.